The molecule has 0 radical (unpaired) electrons. The normalized spacial score (nSPS) is 13.0. The van der Waals surface area contributed by atoms with E-state index in [4.69, 9.17) is 0 Å². The molecule has 0 aliphatic carbocycles. The van der Waals surface area contributed by atoms with Crippen LogP contribution in [0.15, 0.2) is 0 Å². The molecule has 0 bridgehead atoms. The Kier molecular flexibility index (Phi) is 6.59. The fourth-order valence-electron chi connectivity index (χ4n) is 1.14. The Hall–Kier alpha value is -0.570. The molecule has 0 aliphatic heterocycles. The lowest BCUT2D eigenvalue weighted by molar-refractivity contribution is -0.120. The number of nitrogens with one attached hydrogen (secondary N) is 2. The molecule has 2 N–H and O–H groups in total. The summed E-state index contributed by atoms with van der Waals surface area (Å²) < 4.78 is 0. The van der Waals surface area contributed by atoms with Crippen molar-refractivity contribution in [3.8, 4) is 0 Å². The first-order valence-corrected chi connectivity index (χ1v) is 5.00. The van der Waals surface area contributed by atoms with Gasteiger partial charge in [0.2, 0.25) is 5.91 Å². The maximum Gasteiger partial charge on any atom is 0.234 e. The van der Waals surface area contributed by atoms with E-state index in [0.29, 0.717) is 18.5 Å². The van der Waals surface area contributed by atoms with Crippen molar-refractivity contribution in [1.82, 2.24) is 10.6 Å². The van der Waals surface area contributed by atoms with Crippen molar-refractivity contribution in [1.29, 1.82) is 0 Å². The van der Waals surface area contributed by atoms with Crippen molar-refractivity contribution in [2.45, 2.75) is 39.7 Å². The van der Waals surface area contributed by atoms with Crippen LogP contribution in [-0.2, 0) is 4.79 Å². The van der Waals surface area contributed by atoms with E-state index in [-0.39, 0.29) is 5.91 Å². The van der Waals surface area contributed by atoms with E-state index in [2.05, 4.69) is 31.4 Å². The second-order valence-corrected chi connectivity index (χ2v) is 3.97. The van der Waals surface area contributed by atoms with Gasteiger partial charge in [0.1, 0.15) is 0 Å². The largest absolute Gasteiger partial charge is 0.353 e. The van der Waals surface area contributed by atoms with Crippen molar-refractivity contribution in [2.75, 3.05) is 13.6 Å². The van der Waals surface area contributed by atoms with Gasteiger partial charge in [-0.3, -0.25) is 4.79 Å². The minimum absolute atomic E-state index is 0.0822. The van der Waals surface area contributed by atoms with E-state index in [1.54, 1.807) is 7.05 Å². The number of rotatable bonds is 6. The van der Waals surface area contributed by atoms with Crippen LogP contribution in [0.2, 0.25) is 0 Å². The molecule has 0 rings (SSSR count). The highest BCUT2D eigenvalue weighted by atomic mass is 16.1. The maximum absolute atomic E-state index is 11.1. The van der Waals surface area contributed by atoms with Gasteiger partial charge in [-0.2, -0.15) is 0 Å². The summed E-state index contributed by atoms with van der Waals surface area (Å²) >= 11 is 0. The quantitative estimate of drug-likeness (QED) is 0.653. The van der Waals surface area contributed by atoms with Crippen molar-refractivity contribution < 1.29 is 4.79 Å². The van der Waals surface area contributed by atoms with Crippen molar-refractivity contribution in [3.05, 3.63) is 0 Å². The topological polar surface area (TPSA) is 41.1 Å². The molecule has 0 aromatic carbocycles. The van der Waals surface area contributed by atoms with Crippen LogP contribution in [0, 0.1) is 5.92 Å². The van der Waals surface area contributed by atoms with Gasteiger partial charge in [0.15, 0.2) is 0 Å². The van der Waals surface area contributed by atoms with Crippen LogP contribution >= 0.6 is 0 Å². The van der Waals surface area contributed by atoms with Crippen LogP contribution in [0.4, 0.5) is 0 Å². The number of hydrogen-bond acceptors (Lipinski definition) is 2. The van der Waals surface area contributed by atoms with E-state index in [9.17, 15) is 4.79 Å². The lowest BCUT2D eigenvalue weighted by Crippen LogP contribution is -2.38. The van der Waals surface area contributed by atoms with Crippen LogP contribution in [0.1, 0.15) is 33.6 Å². The average Bonchev–Trinajstić information content (AvgIpc) is 2.01. The number of likely N-dealkylation sites (N-methyl/N-ethyl adjacent to an activating group) is 1. The minimum Gasteiger partial charge on any atom is -0.353 e. The molecule has 0 aliphatic rings. The van der Waals surface area contributed by atoms with Crippen molar-refractivity contribution >= 4 is 5.91 Å². The van der Waals surface area contributed by atoms with Gasteiger partial charge in [-0.1, -0.05) is 13.8 Å². The summed E-state index contributed by atoms with van der Waals surface area (Å²) in [5.74, 6) is 0.794. The van der Waals surface area contributed by atoms with E-state index < -0.39 is 0 Å². The zero-order chi connectivity index (χ0) is 10.3. The smallest absolute Gasteiger partial charge is 0.234 e. The van der Waals surface area contributed by atoms with Crippen LogP contribution in [0.25, 0.3) is 0 Å². The molecule has 0 heterocycles. The Balaban J connectivity index is 3.49. The van der Waals surface area contributed by atoms with Gasteiger partial charge in [-0.25, -0.2) is 0 Å². The SMILES string of the molecule is CNCC(=O)NC(C)CCC(C)C. The summed E-state index contributed by atoms with van der Waals surface area (Å²) in [7, 11) is 1.78. The molecule has 0 fully saturated rings. The third-order valence-corrected chi connectivity index (χ3v) is 1.92. The fraction of sp³-hybridized carbons (Fsp3) is 0.900. The van der Waals surface area contributed by atoms with Crippen molar-refractivity contribution in [2.24, 2.45) is 5.92 Å². The molecule has 3 heteroatoms. The van der Waals surface area contributed by atoms with Crippen LogP contribution in [0.5, 0.6) is 0 Å². The number of amides is 1. The Bertz CT molecular complexity index is 146. The summed E-state index contributed by atoms with van der Waals surface area (Å²) in [6, 6.07) is 0.295. The molecule has 3 nitrogen and oxygen atoms in total. The molecular weight excluding hydrogens is 164 g/mol. The van der Waals surface area contributed by atoms with Gasteiger partial charge in [0.25, 0.3) is 0 Å². The Morgan fingerprint density at radius 2 is 1.85 bits per heavy atom. The van der Waals surface area contributed by atoms with Gasteiger partial charge >= 0.3 is 0 Å². The van der Waals surface area contributed by atoms with Gasteiger partial charge in [-0.05, 0) is 32.7 Å². The summed E-state index contributed by atoms with van der Waals surface area (Å²) in [6.45, 7) is 6.85. The third kappa shape index (κ3) is 7.78. The summed E-state index contributed by atoms with van der Waals surface area (Å²) in [4.78, 5) is 11.1. The number of carbonyl (C=O) groups is 1. The fourth-order valence-corrected chi connectivity index (χ4v) is 1.14. The summed E-state index contributed by atoms with van der Waals surface area (Å²) in [5, 5.41) is 5.76. The molecule has 0 spiro atoms. The first-order chi connectivity index (χ1) is 6.06. The van der Waals surface area contributed by atoms with Crippen LogP contribution in [-0.4, -0.2) is 25.5 Å². The van der Waals surface area contributed by atoms with Crippen LogP contribution < -0.4 is 10.6 Å². The van der Waals surface area contributed by atoms with E-state index in [1.807, 2.05) is 0 Å². The molecule has 78 valence electrons. The molecule has 0 aromatic heterocycles. The summed E-state index contributed by atoms with van der Waals surface area (Å²) in [5.41, 5.74) is 0. The molecule has 0 saturated carbocycles. The predicted molar refractivity (Wildman–Crippen MR) is 55.6 cm³/mol. The average molecular weight is 186 g/mol. The van der Waals surface area contributed by atoms with Gasteiger partial charge < -0.3 is 10.6 Å². The maximum atomic E-state index is 11.1. The zero-order valence-electron chi connectivity index (χ0n) is 9.18. The molecule has 1 atom stereocenters. The molecule has 0 aromatic rings. The Morgan fingerprint density at radius 3 is 2.31 bits per heavy atom. The number of hydrogen-bond donors (Lipinski definition) is 2. The van der Waals surface area contributed by atoms with E-state index in [1.165, 1.54) is 6.42 Å². The second-order valence-electron chi connectivity index (χ2n) is 3.97. The summed E-state index contributed by atoms with van der Waals surface area (Å²) in [6.07, 6.45) is 2.23. The van der Waals surface area contributed by atoms with E-state index >= 15 is 0 Å². The van der Waals surface area contributed by atoms with Gasteiger partial charge in [-0.15, -0.1) is 0 Å². The zero-order valence-corrected chi connectivity index (χ0v) is 9.18. The highest BCUT2D eigenvalue weighted by Gasteiger charge is 2.06. The predicted octanol–water partition coefficient (Wildman–Crippen LogP) is 1.15. The first-order valence-electron chi connectivity index (χ1n) is 5.00. The Labute approximate surface area is 81.3 Å². The third-order valence-electron chi connectivity index (χ3n) is 1.92. The number of carbonyl (C=O) groups excluding carboxylic acids is 1. The highest BCUT2D eigenvalue weighted by Crippen LogP contribution is 2.05. The highest BCUT2D eigenvalue weighted by molar-refractivity contribution is 5.78. The minimum atomic E-state index is 0.0822. The van der Waals surface area contributed by atoms with E-state index in [0.717, 1.165) is 6.42 Å². The van der Waals surface area contributed by atoms with Gasteiger partial charge in [0, 0.05) is 6.04 Å². The van der Waals surface area contributed by atoms with Gasteiger partial charge in [0.05, 0.1) is 6.54 Å². The molecule has 13 heavy (non-hydrogen) atoms. The lowest BCUT2D eigenvalue weighted by Gasteiger charge is -2.14. The monoisotopic (exact) mass is 186 g/mol. The first kappa shape index (κ1) is 12.4. The second kappa shape index (κ2) is 6.89. The molecule has 1 unspecified atom stereocenters. The van der Waals surface area contributed by atoms with Crippen LogP contribution in [0.3, 0.4) is 0 Å². The molecular formula is C10H22N2O. The lowest BCUT2D eigenvalue weighted by atomic mass is 10.0. The standard InChI is InChI=1S/C10H22N2O/c1-8(2)5-6-9(3)12-10(13)7-11-4/h8-9,11H,5-7H2,1-4H3,(H,12,13). The van der Waals surface area contributed by atoms with Crippen molar-refractivity contribution in [3.63, 3.8) is 0 Å². The molecule has 1 amide bonds. The Morgan fingerprint density at radius 1 is 1.23 bits per heavy atom. The molecule has 0 saturated heterocycles.